The highest BCUT2D eigenvalue weighted by molar-refractivity contribution is 7.92. The van der Waals surface area contributed by atoms with Gasteiger partial charge in [0.2, 0.25) is 21.8 Å². The fourth-order valence-corrected chi connectivity index (χ4v) is 6.02. The summed E-state index contributed by atoms with van der Waals surface area (Å²) in [5, 5.41) is 3.65. The molecule has 1 fully saturated rings. The zero-order valence-electron chi connectivity index (χ0n) is 22.2. The standard InChI is InChI=1S/C28H38ClN3O4S/c1-20-10-7-15-26(21(20)2)32(37(4,35)36)17-9-16-27(33)31(19-23-11-8-12-24(29)18-23)22(3)28(34)30-25-13-5-6-14-25/h7-8,10-12,15,18,22,25H,5-6,9,13-14,16-17,19H2,1-4H3,(H,30,34). The summed E-state index contributed by atoms with van der Waals surface area (Å²) >= 11 is 6.16. The van der Waals surface area contributed by atoms with E-state index in [9.17, 15) is 18.0 Å². The first-order valence-electron chi connectivity index (χ1n) is 12.9. The zero-order chi connectivity index (χ0) is 27.2. The second-order valence-corrected chi connectivity index (χ2v) is 12.3. The van der Waals surface area contributed by atoms with Crippen LogP contribution < -0.4 is 9.62 Å². The second kappa shape index (κ2) is 12.8. The van der Waals surface area contributed by atoms with Crippen LogP contribution in [0.1, 0.15) is 62.1 Å². The first-order chi connectivity index (χ1) is 17.5. The lowest BCUT2D eigenvalue weighted by atomic mass is 10.1. The molecule has 2 aromatic carbocycles. The van der Waals surface area contributed by atoms with Gasteiger partial charge in [0.25, 0.3) is 0 Å². The van der Waals surface area contributed by atoms with Crippen LogP contribution >= 0.6 is 11.6 Å². The van der Waals surface area contributed by atoms with Crippen LogP contribution in [0.3, 0.4) is 0 Å². The van der Waals surface area contributed by atoms with E-state index in [1.54, 1.807) is 30.0 Å². The molecule has 1 atom stereocenters. The Morgan fingerprint density at radius 1 is 1.11 bits per heavy atom. The molecule has 1 aliphatic rings. The Balaban J connectivity index is 1.74. The lowest BCUT2D eigenvalue weighted by Crippen LogP contribution is -2.49. The highest BCUT2D eigenvalue weighted by atomic mass is 35.5. The lowest BCUT2D eigenvalue weighted by molar-refractivity contribution is -0.141. The maximum absolute atomic E-state index is 13.4. The first kappa shape index (κ1) is 29.0. The fraction of sp³-hybridized carbons (Fsp3) is 0.500. The molecule has 202 valence electrons. The van der Waals surface area contributed by atoms with Crippen LogP contribution in [0, 0.1) is 13.8 Å². The predicted octanol–water partition coefficient (Wildman–Crippen LogP) is 4.98. The van der Waals surface area contributed by atoms with Crippen LogP contribution in [0.4, 0.5) is 5.69 Å². The van der Waals surface area contributed by atoms with Crippen LogP contribution in [-0.2, 0) is 26.2 Å². The minimum Gasteiger partial charge on any atom is -0.352 e. The van der Waals surface area contributed by atoms with Gasteiger partial charge in [-0.25, -0.2) is 8.42 Å². The first-order valence-corrected chi connectivity index (χ1v) is 15.1. The number of sulfonamides is 1. The Bertz CT molecular complexity index is 1210. The number of carbonyl (C=O) groups excluding carboxylic acids is 2. The minimum absolute atomic E-state index is 0.110. The smallest absolute Gasteiger partial charge is 0.242 e. The van der Waals surface area contributed by atoms with Gasteiger partial charge < -0.3 is 10.2 Å². The number of carbonyl (C=O) groups is 2. The summed E-state index contributed by atoms with van der Waals surface area (Å²) in [5.41, 5.74) is 3.33. The van der Waals surface area contributed by atoms with Crippen molar-refractivity contribution >= 4 is 39.1 Å². The summed E-state index contributed by atoms with van der Waals surface area (Å²) in [4.78, 5) is 28.1. The van der Waals surface area contributed by atoms with Crippen molar-refractivity contribution in [2.75, 3.05) is 17.1 Å². The van der Waals surface area contributed by atoms with Gasteiger partial charge >= 0.3 is 0 Å². The molecule has 0 radical (unpaired) electrons. The molecule has 37 heavy (non-hydrogen) atoms. The predicted molar refractivity (Wildman–Crippen MR) is 149 cm³/mol. The SMILES string of the molecule is Cc1cccc(N(CCCC(=O)N(Cc2cccc(Cl)c2)C(C)C(=O)NC2CCCC2)S(C)(=O)=O)c1C. The summed E-state index contributed by atoms with van der Waals surface area (Å²) in [6, 6.07) is 12.3. The van der Waals surface area contributed by atoms with E-state index in [1.165, 1.54) is 10.6 Å². The Hall–Kier alpha value is -2.58. The van der Waals surface area contributed by atoms with Crippen molar-refractivity contribution in [1.82, 2.24) is 10.2 Å². The van der Waals surface area contributed by atoms with Gasteiger partial charge in [0, 0.05) is 30.6 Å². The van der Waals surface area contributed by atoms with E-state index in [2.05, 4.69) is 5.32 Å². The molecule has 2 amide bonds. The molecule has 9 heteroatoms. The van der Waals surface area contributed by atoms with Crippen LogP contribution in [0.2, 0.25) is 5.02 Å². The van der Waals surface area contributed by atoms with Gasteiger partial charge in [-0.15, -0.1) is 0 Å². The molecule has 0 aliphatic heterocycles. The van der Waals surface area contributed by atoms with Gasteiger partial charge in [0.15, 0.2) is 0 Å². The molecule has 2 aromatic rings. The summed E-state index contributed by atoms with van der Waals surface area (Å²) < 4.78 is 26.6. The number of rotatable bonds is 11. The van der Waals surface area contributed by atoms with E-state index in [4.69, 9.17) is 11.6 Å². The van der Waals surface area contributed by atoms with Gasteiger partial charge in [-0.2, -0.15) is 0 Å². The Kier molecular flexibility index (Phi) is 10.0. The molecule has 7 nitrogen and oxygen atoms in total. The molecular weight excluding hydrogens is 510 g/mol. The monoisotopic (exact) mass is 547 g/mol. The molecular formula is C28H38ClN3O4S. The average Bonchev–Trinajstić information content (AvgIpc) is 3.34. The van der Waals surface area contributed by atoms with Crippen LogP contribution in [0.5, 0.6) is 0 Å². The molecule has 1 saturated carbocycles. The number of hydrogen-bond donors (Lipinski definition) is 1. The van der Waals surface area contributed by atoms with E-state index in [0.29, 0.717) is 17.1 Å². The average molecular weight is 548 g/mol. The number of hydrogen-bond acceptors (Lipinski definition) is 4. The summed E-state index contributed by atoms with van der Waals surface area (Å²) in [6.07, 6.45) is 5.72. The van der Waals surface area contributed by atoms with Crippen LogP contribution in [0.25, 0.3) is 0 Å². The third-order valence-corrected chi connectivity index (χ3v) is 8.52. The van der Waals surface area contributed by atoms with Crippen molar-refractivity contribution in [2.24, 2.45) is 0 Å². The molecule has 0 saturated heterocycles. The normalized spacial score (nSPS) is 14.8. The number of aryl methyl sites for hydroxylation is 1. The third-order valence-electron chi connectivity index (χ3n) is 7.11. The molecule has 0 heterocycles. The highest BCUT2D eigenvalue weighted by Gasteiger charge is 2.29. The second-order valence-electron chi connectivity index (χ2n) is 9.98. The summed E-state index contributed by atoms with van der Waals surface area (Å²) in [5.74, 6) is -0.376. The molecule has 1 N–H and O–H groups in total. The van der Waals surface area contributed by atoms with E-state index in [1.807, 2.05) is 38.1 Å². The van der Waals surface area contributed by atoms with Crippen molar-refractivity contribution in [3.8, 4) is 0 Å². The zero-order valence-corrected chi connectivity index (χ0v) is 23.7. The molecule has 1 aliphatic carbocycles. The van der Waals surface area contributed by atoms with Gasteiger partial charge in [-0.1, -0.05) is 48.7 Å². The van der Waals surface area contributed by atoms with Crippen molar-refractivity contribution < 1.29 is 18.0 Å². The van der Waals surface area contributed by atoms with Crippen molar-refractivity contribution in [2.45, 2.75) is 77.9 Å². The number of anilines is 1. The number of amides is 2. The van der Waals surface area contributed by atoms with Crippen molar-refractivity contribution in [3.05, 3.63) is 64.2 Å². The third kappa shape index (κ3) is 7.95. The van der Waals surface area contributed by atoms with Gasteiger partial charge in [0.05, 0.1) is 11.9 Å². The van der Waals surface area contributed by atoms with Crippen molar-refractivity contribution in [1.29, 1.82) is 0 Å². The number of nitrogens with zero attached hydrogens (tertiary/aromatic N) is 2. The molecule has 1 unspecified atom stereocenters. The number of halogens is 1. The van der Waals surface area contributed by atoms with E-state index in [-0.39, 0.29) is 37.4 Å². The van der Waals surface area contributed by atoms with Crippen LogP contribution in [-0.4, -0.2) is 50.0 Å². The quantitative estimate of drug-likeness (QED) is 0.430. The summed E-state index contributed by atoms with van der Waals surface area (Å²) in [6.45, 7) is 5.99. The van der Waals surface area contributed by atoms with Gasteiger partial charge in [0.1, 0.15) is 6.04 Å². The number of nitrogens with one attached hydrogen (secondary N) is 1. The highest BCUT2D eigenvalue weighted by Crippen LogP contribution is 2.26. The van der Waals surface area contributed by atoms with Gasteiger partial charge in [-0.05, 0) is 74.9 Å². The molecule has 0 bridgehead atoms. The lowest BCUT2D eigenvalue weighted by Gasteiger charge is -2.30. The Morgan fingerprint density at radius 2 is 1.78 bits per heavy atom. The molecule has 0 aromatic heterocycles. The Morgan fingerprint density at radius 3 is 2.43 bits per heavy atom. The maximum Gasteiger partial charge on any atom is 0.242 e. The van der Waals surface area contributed by atoms with E-state index >= 15 is 0 Å². The van der Waals surface area contributed by atoms with Crippen LogP contribution in [0.15, 0.2) is 42.5 Å². The molecule has 3 rings (SSSR count). The number of benzene rings is 2. The summed E-state index contributed by atoms with van der Waals surface area (Å²) in [7, 11) is -3.54. The largest absolute Gasteiger partial charge is 0.352 e. The Labute approximate surface area is 226 Å². The van der Waals surface area contributed by atoms with E-state index < -0.39 is 16.1 Å². The minimum atomic E-state index is -3.54. The van der Waals surface area contributed by atoms with E-state index in [0.717, 1.165) is 42.4 Å². The maximum atomic E-state index is 13.4. The van der Waals surface area contributed by atoms with Gasteiger partial charge in [-0.3, -0.25) is 13.9 Å². The fourth-order valence-electron chi connectivity index (χ4n) is 4.79. The van der Waals surface area contributed by atoms with Crippen molar-refractivity contribution in [3.63, 3.8) is 0 Å². The molecule has 0 spiro atoms. The topological polar surface area (TPSA) is 86.8 Å².